The van der Waals surface area contributed by atoms with Crippen molar-refractivity contribution >= 4 is 21.8 Å². The Balaban J connectivity index is 1.73. The predicted octanol–water partition coefficient (Wildman–Crippen LogP) is 4.15. The van der Waals surface area contributed by atoms with E-state index in [0.29, 0.717) is 16.8 Å². The second kappa shape index (κ2) is 11.3. The first-order valence-electron chi connectivity index (χ1n) is 10.1. The summed E-state index contributed by atoms with van der Waals surface area (Å²) in [5.41, 5.74) is 1.62. The number of nitriles is 1. The largest absolute Gasteiger partial charge is 0.383 e. The molecule has 0 aromatic heterocycles. The van der Waals surface area contributed by atoms with Gasteiger partial charge in [-0.25, -0.2) is 9.18 Å². The van der Waals surface area contributed by atoms with Gasteiger partial charge in [0.25, 0.3) is 0 Å². The molecular weight excluding hydrogens is 461 g/mol. The van der Waals surface area contributed by atoms with E-state index in [2.05, 4.69) is 5.32 Å². The molecule has 3 rings (SSSR count). The highest BCUT2D eigenvalue weighted by molar-refractivity contribution is 7.87. The van der Waals surface area contributed by atoms with E-state index in [1.165, 1.54) is 24.1 Å². The third kappa shape index (κ3) is 6.78. The Morgan fingerprint density at radius 1 is 1.09 bits per heavy atom. The summed E-state index contributed by atoms with van der Waals surface area (Å²) < 4.78 is 48.4. The van der Waals surface area contributed by atoms with E-state index in [0.717, 1.165) is 24.3 Å². The summed E-state index contributed by atoms with van der Waals surface area (Å²) in [6.07, 6.45) is 0. The number of anilines is 1. The van der Waals surface area contributed by atoms with Gasteiger partial charge in [0.15, 0.2) is 0 Å². The average Bonchev–Trinajstić information content (AvgIpc) is 2.82. The molecule has 3 aromatic carbocycles. The quantitative estimate of drug-likeness (QED) is 0.458. The molecule has 2 amide bonds. The number of nitrogens with one attached hydrogen (secondary N) is 1. The molecule has 0 radical (unpaired) electrons. The summed E-state index contributed by atoms with van der Waals surface area (Å²) >= 11 is 0. The van der Waals surface area contributed by atoms with Crippen LogP contribution in [-0.2, 0) is 21.4 Å². The molecule has 0 spiro atoms. The monoisotopic (exact) mass is 483 g/mol. The third-order valence-electron chi connectivity index (χ3n) is 4.70. The van der Waals surface area contributed by atoms with Gasteiger partial charge >= 0.3 is 16.1 Å². The lowest BCUT2D eigenvalue weighted by atomic mass is 10.2. The molecule has 0 aliphatic rings. The van der Waals surface area contributed by atoms with E-state index in [1.807, 2.05) is 6.07 Å². The summed E-state index contributed by atoms with van der Waals surface area (Å²) in [5.74, 6) is -0.502. The number of hydrogen-bond donors (Lipinski definition) is 1. The lowest BCUT2D eigenvalue weighted by Crippen LogP contribution is -2.36. The predicted molar refractivity (Wildman–Crippen MR) is 123 cm³/mol. The van der Waals surface area contributed by atoms with Gasteiger partial charge in [0.2, 0.25) is 0 Å². The van der Waals surface area contributed by atoms with E-state index in [1.54, 1.807) is 36.4 Å². The number of hydrogen-bond acceptors (Lipinski definition) is 6. The number of halogens is 1. The summed E-state index contributed by atoms with van der Waals surface area (Å²) in [5, 5.41) is 11.7. The number of ether oxygens (including phenoxy) is 1. The van der Waals surface area contributed by atoms with Gasteiger partial charge in [0.05, 0.1) is 18.2 Å². The zero-order valence-electron chi connectivity index (χ0n) is 18.3. The number of carbonyl (C=O) groups is 1. The molecule has 1 N–H and O–H groups in total. The number of nitrogens with zero attached hydrogens (tertiary/aromatic N) is 2. The first-order valence-corrected chi connectivity index (χ1v) is 11.6. The fraction of sp³-hybridized carbons (Fsp3) is 0.167. The highest BCUT2D eigenvalue weighted by Crippen LogP contribution is 2.21. The van der Waals surface area contributed by atoms with Gasteiger partial charge in [-0.2, -0.15) is 13.7 Å². The van der Waals surface area contributed by atoms with Crippen LogP contribution >= 0.6 is 0 Å². The minimum atomic E-state index is -4.15. The Hall–Kier alpha value is -3.94. The molecule has 10 heteroatoms. The Kier molecular flexibility index (Phi) is 8.19. The molecule has 0 fully saturated rings. The summed E-state index contributed by atoms with van der Waals surface area (Å²) in [4.78, 5) is 14.2. The molecule has 8 nitrogen and oxygen atoms in total. The SMILES string of the molecule is COCCN(Cc1cccc(OS(=O)(=O)c2ccc(F)cc2)c1)C(=O)Nc1ccc(C#N)cc1. The van der Waals surface area contributed by atoms with Crippen LogP contribution in [0.25, 0.3) is 0 Å². The Morgan fingerprint density at radius 2 is 1.79 bits per heavy atom. The van der Waals surface area contributed by atoms with E-state index < -0.39 is 22.0 Å². The number of benzene rings is 3. The molecule has 176 valence electrons. The maximum absolute atomic E-state index is 13.1. The van der Waals surface area contributed by atoms with Crippen molar-refractivity contribution in [1.29, 1.82) is 5.26 Å². The van der Waals surface area contributed by atoms with Crippen LogP contribution in [0.15, 0.2) is 77.7 Å². The van der Waals surface area contributed by atoms with Crippen molar-refractivity contribution in [2.24, 2.45) is 0 Å². The highest BCUT2D eigenvalue weighted by atomic mass is 32.2. The van der Waals surface area contributed by atoms with Crippen molar-refractivity contribution in [2.45, 2.75) is 11.4 Å². The second-order valence-electron chi connectivity index (χ2n) is 7.17. The number of amides is 2. The zero-order chi connectivity index (χ0) is 24.6. The normalized spacial score (nSPS) is 10.9. The van der Waals surface area contributed by atoms with Gasteiger partial charge in [-0.3, -0.25) is 0 Å². The van der Waals surface area contributed by atoms with Crippen LogP contribution in [0.2, 0.25) is 0 Å². The number of methoxy groups -OCH3 is 1. The van der Waals surface area contributed by atoms with Crippen LogP contribution in [0.1, 0.15) is 11.1 Å². The van der Waals surface area contributed by atoms with Gasteiger partial charge in [0.1, 0.15) is 16.5 Å². The van der Waals surface area contributed by atoms with Gasteiger partial charge in [0, 0.05) is 25.9 Å². The van der Waals surface area contributed by atoms with Crippen molar-refractivity contribution < 1.29 is 26.5 Å². The lowest BCUT2D eigenvalue weighted by molar-refractivity contribution is 0.153. The molecule has 0 bridgehead atoms. The Bertz CT molecular complexity index is 1270. The smallest absolute Gasteiger partial charge is 0.339 e. The van der Waals surface area contributed by atoms with Crippen LogP contribution in [0, 0.1) is 17.1 Å². The van der Waals surface area contributed by atoms with Crippen molar-refractivity contribution in [3.05, 3.63) is 89.7 Å². The Morgan fingerprint density at radius 3 is 2.44 bits per heavy atom. The van der Waals surface area contributed by atoms with Crippen molar-refractivity contribution in [3.63, 3.8) is 0 Å². The fourth-order valence-corrected chi connectivity index (χ4v) is 3.90. The molecule has 0 aliphatic carbocycles. The summed E-state index contributed by atoms with van der Waals surface area (Å²) in [6, 6.07) is 18.7. The molecule has 0 saturated heterocycles. The van der Waals surface area contributed by atoms with Crippen molar-refractivity contribution in [1.82, 2.24) is 4.90 Å². The second-order valence-corrected chi connectivity index (χ2v) is 8.72. The maximum atomic E-state index is 13.1. The van der Waals surface area contributed by atoms with Crippen LogP contribution in [0.3, 0.4) is 0 Å². The minimum absolute atomic E-state index is 0.0565. The van der Waals surface area contributed by atoms with E-state index in [9.17, 15) is 17.6 Å². The van der Waals surface area contributed by atoms with Crippen molar-refractivity contribution in [3.8, 4) is 11.8 Å². The number of rotatable bonds is 9. The number of urea groups is 1. The average molecular weight is 484 g/mol. The summed E-state index contributed by atoms with van der Waals surface area (Å²) in [7, 11) is -2.64. The van der Waals surface area contributed by atoms with Crippen LogP contribution in [0.5, 0.6) is 5.75 Å². The third-order valence-corrected chi connectivity index (χ3v) is 5.96. The Labute approximate surface area is 197 Å². The van der Waals surface area contributed by atoms with Gasteiger partial charge in [-0.15, -0.1) is 0 Å². The van der Waals surface area contributed by atoms with Crippen LogP contribution in [-0.4, -0.2) is 39.6 Å². The van der Waals surface area contributed by atoms with E-state index in [4.69, 9.17) is 14.2 Å². The molecule has 34 heavy (non-hydrogen) atoms. The molecular formula is C24H22FN3O5S. The summed E-state index contributed by atoms with van der Waals surface area (Å²) in [6.45, 7) is 0.715. The topological polar surface area (TPSA) is 109 Å². The van der Waals surface area contributed by atoms with Crippen molar-refractivity contribution in [2.75, 3.05) is 25.6 Å². The zero-order valence-corrected chi connectivity index (χ0v) is 19.1. The fourth-order valence-electron chi connectivity index (χ4n) is 2.98. The van der Waals surface area contributed by atoms with Crippen LogP contribution in [0.4, 0.5) is 14.9 Å². The first-order chi connectivity index (χ1) is 16.3. The molecule has 3 aromatic rings. The molecule has 0 aliphatic heterocycles. The van der Waals surface area contributed by atoms with Gasteiger partial charge in [-0.05, 0) is 66.2 Å². The minimum Gasteiger partial charge on any atom is -0.383 e. The highest BCUT2D eigenvalue weighted by Gasteiger charge is 2.18. The van der Waals surface area contributed by atoms with Gasteiger partial charge in [-0.1, -0.05) is 12.1 Å². The molecule has 0 heterocycles. The van der Waals surface area contributed by atoms with Crippen LogP contribution < -0.4 is 9.50 Å². The van der Waals surface area contributed by atoms with E-state index in [-0.39, 0.29) is 30.3 Å². The van der Waals surface area contributed by atoms with E-state index >= 15 is 0 Å². The number of carbonyl (C=O) groups excluding carboxylic acids is 1. The molecule has 0 unspecified atom stereocenters. The first kappa shape index (κ1) is 24.7. The molecule has 0 saturated carbocycles. The maximum Gasteiger partial charge on any atom is 0.339 e. The molecule has 0 atom stereocenters. The standard InChI is InChI=1S/C24H22FN3O5S/c1-32-14-13-28(24(29)27-21-9-5-18(16-26)6-10-21)17-19-3-2-4-22(15-19)33-34(30,31)23-11-7-20(25)8-12-23/h2-12,15H,13-14,17H2,1H3,(H,27,29). The lowest BCUT2D eigenvalue weighted by Gasteiger charge is -2.23. The van der Waals surface area contributed by atoms with Gasteiger partial charge < -0.3 is 19.1 Å².